The van der Waals surface area contributed by atoms with Crippen LogP contribution in [0.2, 0.25) is 0 Å². The van der Waals surface area contributed by atoms with Gasteiger partial charge in [-0.1, -0.05) is 125 Å². The summed E-state index contributed by atoms with van der Waals surface area (Å²) in [6.45, 7) is 1.59. The minimum Gasteiger partial charge on any atom is -0.462 e. The van der Waals surface area contributed by atoms with E-state index < -0.39 is 66.2 Å². The molecule has 16 heteroatoms. The number of esters is 2. The Morgan fingerprint density at radius 1 is 0.565 bits per heavy atom. The number of phosphoric acid groups is 2. The van der Waals surface area contributed by atoms with Gasteiger partial charge in [-0.15, -0.1) is 0 Å². The van der Waals surface area contributed by atoms with Crippen LogP contribution in [0, 0.1) is 0 Å². The third-order valence-corrected chi connectivity index (χ3v) is 10.9. The Kier molecular flexibility index (Phi) is 35.1. The molecule has 1 heterocycles. The van der Waals surface area contributed by atoms with E-state index in [-0.39, 0.29) is 25.0 Å². The number of phosphoric ester groups is 2. The summed E-state index contributed by atoms with van der Waals surface area (Å²) in [5.74, 6) is -1.14. The van der Waals surface area contributed by atoms with E-state index >= 15 is 0 Å². The van der Waals surface area contributed by atoms with Gasteiger partial charge >= 0.3 is 27.6 Å². The lowest BCUT2D eigenvalue weighted by atomic mass is 10.1. The molecule has 62 heavy (non-hydrogen) atoms. The van der Waals surface area contributed by atoms with Gasteiger partial charge in [0.15, 0.2) is 6.10 Å². The number of aliphatic hydroxyl groups excluding tert-OH is 1. The van der Waals surface area contributed by atoms with Crippen molar-refractivity contribution in [1.29, 1.82) is 0 Å². The highest BCUT2D eigenvalue weighted by Crippen LogP contribution is 2.44. The van der Waals surface area contributed by atoms with Gasteiger partial charge in [-0.25, -0.2) is 9.13 Å². The summed E-state index contributed by atoms with van der Waals surface area (Å²) in [6.07, 6.45) is 43.3. The molecule has 0 aromatic rings. The van der Waals surface area contributed by atoms with Gasteiger partial charge in [0.05, 0.1) is 32.0 Å². The summed E-state index contributed by atoms with van der Waals surface area (Å²) in [6, 6.07) is 0. The van der Waals surface area contributed by atoms with Gasteiger partial charge in [0.2, 0.25) is 0 Å². The quantitative estimate of drug-likeness (QED) is 0.0148. The number of epoxide rings is 1. The third-order valence-electron chi connectivity index (χ3n) is 9.48. The molecule has 1 saturated heterocycles. The van der Waals surface area contributed by atoms with E-state index in [9.17, 15) is 28.7 Å². The van der Waals surface area contributed by atoms with Gasteiger partial charge < -0.3 is 34.0 Å². The highest BCUT2D eigenvalue weighted by Gasteiger charge is 2.37. The number of hydrogen-bond acceptors (Lipinski definition) is 11. The fourth-order valence-electron chi connectivity index (χ4n) is 5.91. The molecule has 356 valence electrons. The Labute approximate surface area is 371 Å². The second kappa shape index (κ2) is 37.9. The molecule has 1 aliphatic rings. The summed E-state index contributed by atoms with van der Waals surface area (Å²) in [7, 11) is -9.72. The van der Waals surface area contributed by atoms with Crippen molar-refractivity contribution in [2.75, 3.05) is 26.4 Å². The zero-order chi connectivity index (χ0) is 45.6. The van der Waals surface area contributed by atoms with Crippen LogP contribution in [0.4, 0.5) is 0 Å². The third kappa shape index (κ3) is 38.0. The molecule has 0 aromatic carbocycles. The predicted octanol–water partition coefficient (Wildman–Crippen LogP) is 10.8. The van der Waals surface area contributed by atoms with E-state index in [0.29, 0.717) is 19.3 Å². The van der Waals surface area contributed by atoms with Gasteiger partial charge in [-0.2, -0.15) is 0 Å². The lowest BCUT2D eigenvalue weighted by Crippen LogP contribution is -2.30. The molecule has 4 N–H and O–H groups in total. The number of carbonyl (C=O) groups is 2. The van der Waals surface area contributed by atoms with Crippen molar-refractivity contribution in [2.45, 2.75) is 180 Å². The molecule has 0 aliphatic carbocycles. The van der Waals surface area contributed by atoms with Crippen molar-refractivity contribution < 1.29 is 66.3 Å². The first-order valence-electron chi connectivity index (χ1n) is 22.8. The van der Waals surface area contributed by atoms with Crippen LogP contribution in [0.3, 0.4) is 0 Å². The minimum absolute atomic E-state index is 0.0342. The van der Waals surface area contributed by atoms with E-state index in [1.54, 1.807) is 0 Å². The van der Waals surface area contributed by atoms with Gasteiger partial charge in [0.1, 0.15) is 12.7 Å². The maximum atomic E-state index is 12.8. The van der Waals surface area contributed by atoms with Crippen molar-refractivity contribution >= 4 is 27.6 Å². The Bertz CT molecular complexity index is 1440. The highest BCUT2D eigenvalue weighted by molar-refractivity contribution is 7.47. The molecule has 0 bridgehead atoms. The van der Waals surface area contributed by atoms with Crippen LogP contribution in [0.15, 0.2) is 72.9 Å². The van der Waals surface area contributed by atoms with Crippen LogP contribution in [0.5, 0.6) is 0 Å². The fraction of sp³-hybridized carbons (Fsp3) is 0.696. The zero-order valence-electron chi connectivity index (χ0n) is 37.4. The Morgan fingerprint density at radius 2 is 1.05 bits per heavy atom. The maximum Gasteiger partial charge on any atom is 0.472 e. The summed E-state index contributed by atoms with van der Waals surface area (Å²) in [4.78, 5) is 52.9. The summed E-state index contributed by atoms with van der Waals surface area (Å²) >= 11 is 0. The average molecular weight is 917 g/mol. The molecule has 0 saturated carbocycles. The SMILES string of the molecule is CCCCC/C=C\C/C=C\C/C=C\CCCCCCC(=O)OC[C@H](COP(=O)(O)OC[C@@H](O)COP(=O)(O)O)OC(=O)CCCC1OC1C/C=C\C/C=C\C/C=C\CCCCC. The number of hydrogen-bond donors (Lipinski definition) is 4. The summed E-state index contributed by atoms with van der Waals surface area (Å²) in [5, 5.41) is 9.77. The van der Waals surface area contributed by atoms with Crippen LogP contribution in [-0.4, -0.2) is 82.6 Å². The van der Waals surface area contributed by atoms with Crippen molar-refractivity contribution in [3.05, 3.63) is 72.9 Å². The molecule has 1 fully saturated rings. The van der Waals surface area contributed by atoms with Gasteiger partial charge in [-0.05, 0) is 89.9 Å². The molecule has 0 spiro atoms. The zero-order valence-corrected chi connectivity index (χ0v) is 39.2. The topological polar surface area (TPSA) is 208 Å². The van der Waals surface area contributed by atoms with Crippen molar-refractivity contribution in [3.8, 4) is 0 Å². The van der Waals surface area contributed by atoms with Gasteiger partial charge in [0, 0.05) is 12.8 Å². The minimum atomic E-state index is -4.88. The lowest BCUT2D eigenvalue weighted by Gasteiger charge is -2.20. The largest absolute Gasteiger partial charge is 0.472 e. The molecule has 3 unspecified atom stereocenters. The summed E-state index contributed by atoms with van der Waals surface area (Å²) in [5.41, 5.74) is 0. The Morgan fingerprint density at radius 3 is 1.61 bits per heavy atom. The van der Waals surface area contributed by atoms with Gasteiger partial charge in [0.25, 0.3) is 0 Å². The number of aliphatic hydroxyl groups is 1. The van der Waals surface area contributed by atoms with Crippen LogP contribution >= 0.6 is 15.6 Å². The number of allylic oxidation sites excluding steroid dienone is 11. The molecule has 5 atom stereocenters. The first-order chi connectivity index (χ1) is 29.8. The molecule has 0 aromatic heterocycles. The van der Waals surface area contributed by atoms with E-state index in [2.05, 4.69) is 95.8 Å². The van der Waals surface area contributed by atoms with Crippen LogP contribution in [0.25, 0.3) is 0 Å². The second-order valence-electron chi connectivity index (χ2n) is 15.4. The monoisotopic (exact) mass is 916 g/mol. The highest BCUT2D eigenvalue weighted by atomic mass is 31.2. The molecular weight excluding hydrogens is 838 g/mol. The average Bonchev–Trinajstić information content (AvgIpc) is 3.99. The molecule has 0 amide bonds. The standard InChI is InChI=1S/C46H78O14P2/c1-3-5-7-9-11-13-15-17-18-19-20-21-23-25-27-29-31-35-45(48)55-39-42(40-58-62(53,54)57-38-41(47)37-56-61(50,51)52)59-46(49)36-32-34-44-43(60-44)33-30-28-26-24-22-16-14-12-10-8-6-4-2/h11-14,17-18,20-22,24,28,30,41-44,47H,3-10,15-16,19,23,25-27,29,31-40H2,1-2H3,(H,53,54)(H2,50,51,52)/b13-11-,14-12-,18-17-,21-20-,24-22-,30-28-/t41-,42+,43?,44?/m0/s1. The van der Waals surface area contributed by atoms with Crippen molar-refractivity contribution in [1.82, 2.24) is 0 Å². The first-order valence-corrected chi connectivity index (χ1v) is 25.8. The number of unbranched alkanes of at least 4 members (excludes halogenated alkanes) is 10. The Hall–Kier alpha value is -2.48. The predicted molar refractivity (Wildman–Crippen MR) is 243 cm³/mol. The fourth-order valence-corrected chi connectivity index (χ4v) is 7.07. The maximum absolute atomic E-state index is 12.8. The van der Waals surface area contributed by atoms with Crippen molar-refractivity contribution in [2.24, 2.45) is 0 Å². The number of carbonyl (C=O) groups excluding carboxylic acids is 2. The molecule has 14 nitrogen and oxygen atoms in total. The smallest absolute Gasteiger partial charge is 0.462 e. The van der Waals surface area contributed by atoms with E-state index in [1.165, 1.54) is 38.5 Å². The number of rotatable bonds is 41. The van der Waals surface area contributed by atoms with E-state index in [4.69, 9.17) is 28.5 Å². The number of ether oxygens (including phenoxy) is 3. The molecule has 0 radical (unpaired) electrons. The lowest BCUT2D eigenvalue weighted by molar-refractivity contribution is -0.161. The van der Waals surface area contributed by atoms with Crippen LogP contribution in [-0.2, 0) is 46.5 Å². The van der Waals surface area contributed by atoms with Gasteiger partial charge in [-0.3, -0.25) is 23.2 Å². The first kappa shape index (κ1) is 57.5. The van der Waals surface area contributed by atoms with E-state index in [0.717, 1.165) is 70.6 Å². The molecule has 1 rings (SSSR count). The molecular formula is C46H78O14P2. The second-order valence-corrected chi connectivity index (χ2v) is 18.0. The van der Waals surface area contributed by atoms with E-state index in [1.807, 2.05) is 0 Å². The molecule has 1 aliphatic heterocycles. The summed E-state index contributed by atoms with van der Waals surface area (Å²) < 4.78 is 53.6. The van der Waals surface area contributed by atoms with Crippen molar-refractivity contribution in [3.63, 3.8) is 0 Å². The van der Waals surface area contributed by atoms with Crippen LogP contribution < -0.4 is 0 Å². The Balaban J connectivity index is 2.43. The van der Waals surface area contributed by atoms with Crippen LogP contribution in [0.1, 0.15) is 155 Å². The normalized spacial score (nSPS) is 17.9.